The van der Waals surface area contributed by atoms with Gasteiger partial charge in [-0.1, -0.05) is 27.7 Å². The number of nitrogens with zero attached hydrogens (tertiary/aromatic N) is 2. The highest BCUT2D eigenvalue weighted by Crippen LogP contribution is 2.05. The van der Waals surface area contributed by atoms with Crippen molar-refractivity contribution in [1.29, 1.82) is 0 Å². The molecule has 0 atom stereocenters. The van der Waals surface area contributed by atoms with Crippen LogP contribution in [0.4, 0.5) is 0 Å². The van der Waals surface area contributed by atoms with Gasteiger partial charge in [0.05, 0.1) is 5.75 Å². The van der Waals surface area contributed by atoms with Gasteiger partial charge in [0.15, 0.2) is 0 Å². The van der Waals surface area contributed by atoms with Gasteiger partial charge in [0.2, 0.25) is 10.0 Å². The highest BCUT2D eigenvalue weighted by atomic mass is 32.2. The molecular weight excluding hydrogens is 274 g/mol. The second kappa shape index (κ2) is 11.5. The predicted molar refractivity (Wildman–Crippen MR) is 86.6 cm³/mol. The summed E-state index contributed by atoms with van der Waals surface area (Å²) in [6, 6.07) is 0. The van der Waals surface area contributed by atoms with Gasteiger partial charge in [-0.3, -0.25) is 0 Å². The molecule has 0 aliphatic carbocycles. The van der Waals surface area contributed by atoms with Gasteiger partial charge in [0, 0.05) is 13.1 Å². The number of nitrogens with one attached hydrogen (secondary N) is 1. The van der Waals surface area contributed by atoms with Crippen molar-refractivity contribution in [3.8, 4) is 0 Å². The molecule has 0 fully saturated rings. The van der Waals surface area contributed by atoms with Crippen molar-refractivity contribution >= 4 is 10.0 Å². The van der Waals surface area contributed by atoms with E-state index in [1.54, 1.807) is 4.31 Å². The molecule has 5 nitrogen and oxygen atoms in total. The lowest BCUT2D eigenvalue weighted by Gasteiger charge is -2.23. The molecule has 0 amide bonds. The molecule has 0 heterocycles. The SMILES string of the molecule is CCNCCCS(=O)(=O)N(CC)CCCN(CC)CC. The average Bonchev–Trinajstić information content (AvgIpc) is 2.43. The number of hydrogen-bond acceptors (Lipinski definition) is 4. The van der Waals surface area contributed by atoms with E-state index < -0.39 is 10.0 Å². The van der Waals surface area contributed by atoms with Crippen LogP contribution in [-0.2, 0) is 10.0 Å². The van der Waals surface area contributed by atoms with E-state index in [1.807, 2.05) is 13.8 Å². The Morgan fingerprint density at radius 3 is 2.05 bits per heavy atom. The molecule has 0 aromatic heterocycles. The molecule has 20 heavy (non-hydrogen) atoms. The molecule has 0 aromatic rings. The molecule has 0 bridgehead atoms. The standard InChI is InChI=1S/C14H33N3O2S/c1-5-15-11-9-14-20(18,19)17(8-4)13-10-12-16(6-2)7-3/h15H,5-14H2,1-4H3. The Balaban J connectivity index is 4.15. The van der Waals surface area contributed by atoms with E-state index in [0.29, 0.717) is 19.5 Å². The molecule has 0 saturated carbocycles. The first-order chi connectivity index (χ1) is 9.51. The normalized spacial score (nSPS) is 12.5. The predicted octanol–water partition coefficient (Wildman–Crippen LogP) is 1.37. The monoisotopic (exact) mass is 307 g/mol. The van der Waals surface area contributed by atoms with Crippen molar-refractivity contribution in [3.05, 3.63) is 0 Å². The van der Waals surface area contributed by atoms with Gasteiger partial charge < -0.3 is 10.2 Å². The molecule has 6 heteroatoms. The van der Waals surface area contributed by atoms with Gasteiger partial charge in [-0.05, 0) is 45.6 Å². The highest BCUT2D eigenvalue weighted by molar-refractivity contribution is 7.89. The summed E-state index contributed by atoms with van der Waals surface area (Å²) in [7, 11) is -3.09. The Labute approximate surface area is 125 Å². The molecule has 0 aliphatic heterocycles. The van der Waals surface area contributed by atoms with Crippen molar-refractivity contribution in [3.63, 3.8) is 0 Å². The van der Waals surface area contributed by atoms with Crippen LogP contribution in [0.2, 0.25) is 0 Å². The highest BCUT2D eigenvalue weighted by Gasteiger charge is 2.19. The summed E-state index contributed by atoms with van der Waals surface area (Å²) < 4.78 is 26.1. The maximum absolute atomic E-state index is 12.2. The summed E-state index contributed by atoms with van der Waals surface area (Å²) in [4.78, 5) is 2.33. The zero-order chi connectivity index (χ0) is 15.4. The second-order valence-corrected chi connectivity index (χ2v) is 6.98. The third-order valence-electron chi connectivity index (χ3n) is 3.53. The molecule has 0 rings (SSSR count). The van der Waals surface area contributed by atoms with Gasteiger partial charge in [0.1, 0.15) is 0 Å². The van der Waals surface area contributed by atoms with Gasteiger partial charge in [-0.15, -0.1) is 0 Å². The zero-order valence-corrected chi connectivity index (χ0v) is 14.5. The van der Waals surface area contributed by atoms with Gasteiger partial charge >= 0.3 is 0 Å². The molecular formula is C14H33N3O2S. The van der Waals surface area contributed by atoms with E-state index >= 15 is 0 Å². The first-order valence-electron chi connectivity index (χ1n) is 7.92. The van der Waals surface area contributed by atoms with Crippen LogP contribution in [0.1, 0.15) is 40.5 Å². The number of rotatable bonds is 13. The minimum atomic E-state index is -3.09. The maximum Gasteiger partial charge on any atom is 0.214 e. The van der Waals surface area contributed by atoms with Crippen molar-refractivity contribution < 1.29 is 8.42 Å². The fourth-order valence-electron chi connectivity index (χ4n) is 2.19. The summed E-state index contributed by atoms with van der Waals surface area (Å²) in [5, 5.41) is 3.16. The zero-order valence-electron chi connectivity index (χ0n) is 13.7. The molecule has 0 aliphatic rings. The lowest BCUT2D eigenvalue weighted by atomic mass is 10.3. The van der Waals surface area contributed by atoms with Crippen molar-refractivity contribution in [2.24, 2.45) is 0 Å². The molecule has 0 radical (unpaired) electrons. The van der Waals surface area contributed by atoms with E-state index in [9.17, 15) is 8.42 Å². The van der Waals surface area contributed by atoms with Crippen LogP contribution in [0.25, 0.3) is 0 Å². The maximum atomic E-state index is 12.2. The lowest BCUT2D eigenvalue weighted by Crippen LogP contribution is -2.36. The van der Waals surface area contributed by atoms with Gasteiger partial charge in [-0.25, -0.2) is 12.7 Å². The Kier molecular flexibility index (Phi) is 11.4. The van der Waals surface area contributed by atoms with E-state index in [-0.39, 0.29) is 5.75 Å². The van der Waals surface area contributed by atoms with Crippen LogP contribution in [0, 0.1) is 0 Å². The number of sulfonamides is 1. The fraction of sp³-hybridized carbons (Fsp3) is 1.00. The van der Waals surface area contributed by atoms with E-state index in [1.165, 1.54) is 0 Å². The fourth-order valence-corrected chi connectivity index (χ4v) is 3.76. The molecule has 122 valence electrons. The largest absolute Gasteiger partial charge is 0.317 e. The van der Waals surface area contributed by atoms with Crippen LogP contribution in [-0.4, -0.2) is 69.2 Å². The van der Waals surface area contributed by atoms with Crippen molar-refractivity contribution in [2.45, 2.75) is 40.5 Å². The lowest BCUT2D eigenvalue weighted by molar-refractivity contribution is 0.285. The molecule has 1 N–H and O–H groups in total. The Morgan fingerprint density at radius 2 is 1.55 bits per heavy atom. The Bertz CT molecular complexity index is 316. The molecule has 0 aromatic carbocycles. The topological polar surface area (TPSA) is 52.7 Å². The first kappa shape index (κ1) is 19.8. The van der Waals surface area contributed by atoms with Crippen LogP contribution in [0.3, 0.4) is 0 Å². The third kappa shape index (κ3) is 8.19. The summed E-state index contributed by atoms with van der Waals surface area (Å²) in [6.45, 7) is 14.1. The van der Waals surface area contributed by atoms with Crippen LogP contribution < -0.4 is 5.32 Å². The summed E-state index contributed by atoms with van der Waals surface area (Å²) in [5.41, 5.74) is 0. The number of hydrogen-bond donors (Lipinski definition) is 1. The van der Waals surface area contributed by atoms with E-state index in [4.69, 9.17) is 0 Å². The molecule has 0 saturated heterocycles. The van der Waals surface area contributed by atoms with Crippen LogP contribution in [0.15, 0.2) is 0 Å². The van der Waals surface area contributed by atoms with E-state index in [2.05, 4.69) is 24.1 Å². The second-order valence-electron chi connectivity index (χ2n) is 4.90. The van der Waals surface area contributed by atoms with Gasteiger partial charge in [0.25, 0.3) is 0 Å². The minimum absolute atomic E-state index is 0.249. The third-order valence-corrected chi connectivity index (χ3v) is 5.56. The Hall–Kier alpha value is -0.170. The van der Waals surface area contributed by atoms with E-state index in [0.717, 1.165) is 39.1 Å². The smallest absolute Gasteiger partial charge is 0.214 e. The minimum Gasteiger partial charge on any atom is -0.317 e. The average molecular weight is 308 g/mol. The molecule has 0 spiro atoms. The summed E-state index contributed by atoms with van der Waals surface area (Å²) >= 11 is 0. The van der Waals surface area contributed by atoms with Gasteiger partial charge in [-0.2, -0.15) is 0 Å². The first-order valence-corrected chi connectivity index (χ1v) is 9.53. The summed E-state index contributed by atoms with van der Waals surface area (Å²) in [5.74, 6) is 0.249. The van der Waals surface area contributed by atoms with Crippen molar-refractivity contribution in [2.75, 3.05) is 51.6 Å². The quantitative estimate of drug-likeness (QED) is 0.522. The van der Waals surface area contributed by atoms with Crippen LogP contribution >= 0.6 is 0 Å². The molecule has 0 unspecified atom stereocenters. The summed E-state index contributed by atoms with van der Waals surface area (Å²) in [6.07, 6.45) is 1.59. The Morgan fingerprint density at radius 1 is 0.900 bits per heavy atom. The van der Waals surface area contributed by atoms with Crippen LogP contribution in [0.5, 0.6) is 0 Å². The van der Waals surface area contributed by atoms with Crippen molar-refractivity contribution in [1.82, 2.24) is 14.5 Å².